The van der Waals surface area contributed by atoms with Crippen molar-refractivity contribution in [1.29, 1.82) is 0 Å². The first kappa shape index (κ1) is 21.1. The standard InChI is InChI=1S/C23H27FN2O3/c1-13(2)21-19(10-9-18-11-17(27)12-20(28)29-18)22(26-23(25-21)14(3)4)15-5-7-16(24)8-6-15/h5-10,13-14,17-18,27H,11-12H2,1-4H3. The molecule has 29 heavy (non-hydrogen) atoms. The molecule has 1 saturated heterocycles. The van der Waals surface area contributed by atoms with E-state index in [1.165, 1.54) is 12.1 Å². The number of esters is 1. The van der Waals surface area contributed by atoms with Gasteiger partial charge in [0.25, 0.3) is 0 Å². The molecule has 0 aliphatic carbocycles. The van der Waals surface area contributed by atoms with E-state index in [0.717, 1.165) is 22.6 Å². The van der Waals surface area contributed by atoms with Crippen LogP contribution in [0.15, 0.2) is 30.3 Å². The summed E-state index contributed by atoms with van der Waals surface area (Å²) in [5, 5.41) is 9.85. The van der Waals surface area contributed by atoms with Crippen LogP contribution in [-0.4, -0.2) is 33.3 Å². The lowest BCUT2D eigenvalue weighted by atomic mass is 9.96. The van der Waals surface area contributed by atoms with Gasteiger partial charge in [-0.25, -0.2) is 14.4 Å². The first-order chi connectivity index (χ1) is 13.7. The van der Waals surface area contributed by atoms with E-state index in [1.54, 1.807) is 18.2 Å². The van der Waals surface area contributed by atoms with E-state index in [9.17, 15) is 14.3 Å². The number of hydrogen-bond acceptors (Lipinski definition) is 5. The van der Waals surface area contributed by atoms with Gasteiger partial charge in [-0.15, -0.1) is 0 Å². The Hall–Kier alpha value is -2.60. The maximum Gasteiger partial charge on any atom is 0.309 e. The second-order valence-electron chi connectivity index (χ2n) is 8.03. The molecule has 6 heteroatoms. The summed E-state index contributed by atoms with van der Waals surface area (Å²) in [5.41, 5.74) is 3.19. The number of benzene rings is 1. The van der Waals surface area contributed by atoms with Crippen LogP contribution in [-0.2, 0) is 9.53 Å². The summed E-state index contributed by atoms with van der Waals surface area (Å²) in [6.07, 6.45) is 2.80. The Morgan fingerprint density at radius 2 is 1.83 bits per heavy atom. The highest BCUT2D eigenvalue weighted by Crippen LogP contribution is 2.31. The number of nitrogens with zero attached hydrogens (tertiary/aromatic N) is 2. The number of cyclic esters (lactones) is 1. The van der Waals surface area contributed by atoms with E-state index in [0.29, 0.717) is 12.1 Å². The topological polar surface area (TPSA) is 72.3 Å². The van der Waals surface area contributed by atoms with E-state index in [2.05, 4.69) is 13.8 Å². The maximum absolute atomic E-state index is 13.5. The molecule has 1 aromatic carbocycles. The third kappa shape index (κ3) is 5.07. The number of carbonyl (C=O) groups is 1. The molecule has 1 aliphatic rings. The Labute approximate surface area is 170 Å². The van der Waals surface area contributed by atoms with Gasteiger partial charge in [-0.1, -0.05) is 33.8 Å². The minimum absolute atomic E-state index is 0.0224. The second-order valence-corrected chi connectivity index (χ2v) is 8.03. The van der Waals surface area contributed by atoms with Crippen LogP contribution < -0.4 is 0 Å². The number of aliphatic hydroxyl groups is 1. The normalized spacial score (nSPS) is 19.9. The second kappa shape index (κ2) is 8.82. The van der Waals surface area contributed by atoms with Crippen LogP contribution in [0.5, 0.6) is 0 Å². The molecule has 0 saturated carbocycles. The summed E-state index contributed by atoms with van der Waals surface area (Å²) >= 11 is 0. The van der Waals surface area contributed by atoms with Gasteiger partial charge in [0.15, 0.2) is 0 Å². The molecule has 0 bridgehead atoms. The van der Waals surface area contributed by atoms with E-state index in [-0.39, 0.29) is 24.1 Å². The van der Waals surface area contributed by atoms with E-state index in [1.807, 2.05) is 19.9 Å². The van der Waals surface area contributed by atoms with Gasteiger partial charge in [-0.3, -0.25) is 4.79 Å². The lowest BCUT2D eigenvalue weighted by Crippen LogP contribution is -2.31. The summed E-state index contributed by atoms with van der Waals surface area (Å²) in [6.45, 7) is 8.18. The van der Waals surface area contributed by atoms with Crippen molar-refractivity contribution in [2.75, 3.05) is 0 Å². The van der Waals surface area contributed by atoms with Crippen molar-refractivity contribution < 1.29 is 19.0 Å². The van der Waals surface area contributed by atoms with Gasteiger partial charge in [-0.05, 0) is 36.3 Å². The zero-order valence-electron chi connectivity index (χ0n) is 17.2. The summed E-state index contributed by atoms with van der Waals surface area (Å²) in [5.74, 6) is 0.279. The van der Waals surface area contributed by atoms with Crippen molar-refractivity contribution in [3.8, 4) is 11.3 Å². The van der Waals surface area contributed by atoms with Crippen LogP contribution >= 0.6 is 0 Å². The molecular formula is C23H27FN2O3. The molecule has 2 heterocycles. The van der Waals surface area contributed by atoms with Gasteiger partial charge in [0.05, 0.1) is 23.9 Å². The SMILES string of the molecule is CC(C)c1nc(-c2ccc(F)cc2)c(C=CC2CC(O)CC(=O)O2)c(C(C)C)n1. The minimum Gasteiger partial charge on any atom is -0.458 e. The fraction of sp³-hybridized carbons (Fsp3) is 0.435. The summed E-state index contributed by atoms with van der Waals surface area (Å²) in [7, 11) is 0. The van der Waals surface area contributed by atoms with Crippen LogP contribution in [0.3, 0.4) is 0 Å². The lowest BCUT2D eigenvalue weighted by molar-refractivity contribution is -0.156. The van der Waals surface area contributed by atoms with Gasteiger partial charge >= 0.3 is 5.97 Å². The largest absolute Gasteiger partial charge is 0.458 e. The average molecular weight is 398 g/mol. The zero-order chi connectivity index (χ0) is 21.1. The Balaban J connectivity index is 2.10. The van der Waals surface area contributed by atoms with Crippen LogP contribution in [0.25, 0.3) is 17.3 Å². The molecule has 2 unspecified atom stereocenters. The number of halogens is 1. The molecule has 0 radical (unpaired) electrons. The number of aromatic nitrogens is 2. The molecule has 1 fully saturated rings. The lowest BCUT2D eigenvalue weighted by Gasteiger charge is -2.24. The minimum atomic E-state index is -0.702. The van der Waals surface area contributed by atoms with Crippen LogP contribution in [0.1, 0.15) is 69.5 Å². The van der Waals surface area contributed by atoms with Gasteiger partial charge < -0.3 is 9.84 Å². The Morgan fingerprint density at radius 3 is 2.41 bits per heavy atom. The summed E-state index contributed by atoms with van der Waals surface area (Å²) in [6, 6.07) is 6.23. The third-order valence-corrected chi connectivity index (χ3v) is 4.84. The predicted octanol–water partition coefficient (Wildman–Crippen LogP) is 4.61. The highest BCUT2D eigenvalue weighted by Gasteiger charge is 2.26. The van der Waals surface area contributed by atoms with E-state index in [4.69, 9.17) is 14.7 Å². The molecular weight excluding hydrogens is 371 g/mol. The van der Waals surface area contributed by atoms with E-state index >= 15 is 0 Å². The fourth-order valence-electron chi connectivity index (χ4n) is 3.33. The highest BCUT2D eigenvalue weighted by atomic mass is 19.1. The molecule has 1 aromatic heterocycles. The van der Waals surface area contributed by atoms with Crippen molar-refractivity contribution in [2.45, 2.75) is 64.6 Å². The van der Waals surface area contributed by atoms with Gasteiger partial charge in [0.1, 0.15) is 17.7 Å². The Bertz CT molecular complexity index is 907. The van der Waals surface area contributed by atoms with Gasteiger partial charge in [0.2, 0.25) is 0 Å². The number of ether oxygens (including phenoxy) is 1. The maximum atomic E-state index is 13.5. The highest BCUT2D eigenvalue weighted by molar-refractivity contribution is 5.75. The number of rotatable bonds is 5. The first-order valence-electron chi connectivity index (χ1n) is 9.98. The van der Waals surface area contributed by atoms with Crippen molar-refractivity contribution >= 4 is 12.0 Å². The van der Waals surface area contributed by atoms with Crippen LogP contribution in [0.4, 0.5) is 4.39 Å². The molecule has 1 aliphatic heterocycles. The van der Waals surface area contributed by atoms with Crippen LogP contribution in [0.2, 0.25) is 0 Å². The molecule has 5 nitrogen and oxygen atoms in total. The van der Waals surface area contributed by atoms with Crippen molar-refractivity contribution in [3.63, 3.8) is 0 Å². The molecule has 2 atom stereocenters. The van der Waals surface area contributed by atoms with Crippen molar-refractivity contribution in [2.24, 2.45) is 0 Å². The summed E-state index contributed by atoms with van der Waals surface area (Å²) < 4.78 is 18.8. The smallest absolute Gasteiger partial charge is 0.309 e. The zero-order valence-corrected chi connectivity index (χ0v) is 17.2. The van der Waals surface area contributed by atoms with Crippen molar-refractivity contribution in [3.05, 3.63) is 53.2 Å². The van der Waals surface area contributed by atoms with Crippen molar-refractivity contribution in [1.82, 2.24) is 9.97 Å². The van der Waals surface area contributed by atoms with Gasteiger partial charge in [0, 0.05) is 23.5 Å². The Morgan fingerprint density at radius 1 is 1.14 bits per heavy atom. The molecule has 0 amide bonds. The quantitative estimate of drug-likeness (QED) is 0.745. The average Bonchev–Trinajstić information content (AvgIpc) is 2.65. The predicted molar refractivity (Wildman–Crippen MR) is 110 cm³/mol. The van der Waals surface area contributed by atoms with Crippen LogP contribution in [0, 0.1) is 5.82 Å². The number of aliphatic hydroxyl groups excluding tert-OH is 1. The van der Waals surface area contributed by atoms with Gasteiger partial charge in [-0.2, -0.15) is 0 Å². The first-order valence-corrected chi connectivity index (χ1v) is 9.98. The fourth-order valence-corrected chi connectivity index (χ4v) is 3.33. The molecule has 1 N–H and O–H groups in total. The monoisotopic (exact) mass is 398 g/mol. The number of carbonyl (C=O) groups excluding carboxylic acids is 1. The Kier molecular flexibility index (Phi) is 6.42. The third-order valence-electron chi connectivity index (χ3n) is 4.84. The molecule has 2 aromatic rings. The van der Waals surface area contributed by atoms with E-state index < -0.39 is 18.2 Å². The molecule has 154 valence electrons. The molecule has 3 rings (SSSR count). The molecule has 0 spiro atoms. The summed E-state index contributed by atoms with van der Waals surface area (Å²) in [4.78, 5) is 21.2. The number of hydrogen-bond donors (Lipinski definition) is 1.